The first kappa shape index (κ1) is 12.3. The van der Waals surface area contributed by atoms with Crippen molar-refractivity contribution in [3.8, 4) is 5.75 Å². The molecule has 0 saturated heterocycles. The Balaban J connectivity index is 1.90. The van der Waals surface area contributed by atoms with Crippen molar-refractivity contribution in [3.63, 3.8) is 0 Å². The summed E-state index contributed by atoms with van der Waals surface area (Å²) in [6, 6.07) is 3.69. The van der Waals surface area contributed by atoms with E-state index in [1.54, 1.807) is 6.07 Å². The highest BCUT2D eigenvalue weighted by Crippen LogP contribution is 2.24. The number of aryl methyl sites for hydroxylation is 2. The van der Waals surface area contributed by atoms with Crippen molar-refractivity contribution < 1.29 is 4.74 Å². The summed E-state index contributed by atoms with van der Waals surface area (Å²) in [5.74, 6) is 0.905. The van der Waals surface area contributed by atoms with Crippen molar-refractivity contribution in [2.24, 2.45) is 0 Å². The lowest BCUT2D eigenvalue weighted by atomic mass is 10.2. The van der Waals surface area contributed by atoms with E-state index in [0.717, 1.165) is 16.8 Å². The number of hydrogen-bond donors (Lipinski definition) is 2. The minimum atomic E-state index is 0.348. The number of hydrogen-bond acceptors (Lipinski definition) is 6. The molecule has 0 spiro atoms. The Morgan fingerprint density at radius 2 is 2.10 bits per heavy atom. The predicted molar refractivity (Wildman–Crippen MR) is 74.1 cm³/mol. The second kappa shape index (κ2) is 4.76. The summed E-state index contributed by atoms with van der Waals surface area (Å²) in [4.78, 5) is 8.37. The van der Waals surface area contributed by atoms with Crippen LogP contribution in [0.15, 0.2) is 18.3 Å². The number of rotatable bonds is 3. The van der Waals surface area contributed by atoms with Crippen LogP contribution in [0.25, 0.3) is 11.2 Å². The number of pyridine rings is 2. The molecule has 0 aromatic carbocycles. The Morgan fingerprint density at radius 3 is 2.95 bits per heavy atom. The molecule has 0 amide bonds. The smallest absolute Gasteiger partial charge is 0.207 e. The number of nitrogen functional groups attached to an aromatic ring is 1. The van der Waals surface area contributed by atoms with Gasteiger partial charge in [0.05, 0.1) is 0 Å². The summed E-state index contributed by atoms with van der Waals surface area (Å²) in [6.07, 6.45) is 1.83. The lowest BCUT2D eigenvalue weighted by Crippen LogP contribution is -2.02. The van der Waals surface area contributed by atoms with Gasteiger partial charge in [-0.3, -0.25) is 4.98 Å². The maximum Gasteiger partial charge on any atom is 0.207 e. The van der Waals surface area contributed by atoms with Crippen LogP contribution < -0.4 is 10.5 Å². The van der Waals surface area contributed by atoms with E-state index in [4.69, 9.17) is 10.5 Å². The maximum absolute atomic E-state index is 5.80. The molecule has 0 radical (unpaired) electrons. The van der Waals surface area contributed by atoms with Crippen LogP contribution in [-0.4, -0.2) is 25.4 Å². The van der Waals surface area contributed by atoms with E-state index >= 15 is 0 Å². The van der Waals surface area contributed by atoms with Gasteiger partial charge in [-0.05, 0) is 25.5 Å². The molecule has 0 fully saturated rings. The van der Waals surface area contributed by atoms with Gasteiger partial charge in [0.2, 0.25) is 5.65 Å². The minimum Gasteiger partial charge on any atom is -0.486 e. The van der Waals surface area contributed by atoms with Crippen molar-refractivity contribution in [1.82, 2.24) is 25.4 Å². The number of fused-ring (bicyclic) bond motifs is 1. The van der Waals surface area contributed by atoms with Crippen LogP contribution in [0.2, 0.25) is 0 Å². The van der Waals surface area contributed by atoms with E-state index < -0.39 is 0 Å². The molecule has 0 saturated carbocycles. The molecule has 0 aliphatic rings. The van der Waals surface area contributed by atoms with Crippen LogP contribution in [0, 0.1) is 13.8 Å². The second-order valence-corrected chi connectivity index (χ2v) is 4.59. The summed E-state index contributed by atoms with van der Waals surface area (Å²) in [7, 11) is 0. The Morgan fingerprint density at radius 1 is 1.25 bits per heavy atom. The van der Waals surface area contributed by atoms with Gasteiger partial charge < -0.3 is 10.5 Å². The highest BCUT2D eigenvalue weighted by molar-refractivity contribution is 5.78. The molecule has 3 heterocycles. The number of nitrogens with two attached hydrogens (primary N) is 1. The first-order valence-corrected chi connectivity index (χ1v) is 6.15. The van der Waals surface area contributed by atoms with Gasteiger partial charge in [-0.2, -0.15) is 10.3 Å². The van der Waals surface area contributed by atoms with Gasteiger partial charge in [-0.15, -0.1) is 5.10 Å². The highest BCUT2D eigenvalue weighted by Gasteiger charge is 2.10. The number of H-pyrrole nitrogens is 1. The molecule has 0 bridgehead atoms. The van der Waals surface area contributed by atoms with Gasteiger partial charge in [0.25, 0.3) is 0 Å². The molecule has 7 nitrogen and oxygen atoms in total. The Hall–Kier alpha value is -2.70. The molecule has 102 valence electrons. The van der Waals surface area contributed by atoms with Gasteiger partial charge >= 0.3 is 0 Å². The molecule has 0 aliphatic heterocycles. The van der Waals surface area contributed by atoms with Gasteiger partial charge in [0, 0.05) is 23.5 Å². The third-order valence-electron chi connectivity index (χ3n) is 2.99. The molecular weight excluding hydrogens is 256 g/mol. The molecule has 3 aromatic heterocycles. The normalized spacial score (nSPS) is 10.9. The summed E-state index contributed by atoms with van der Waals surface area (Å²) in [5, 5.41) is 10.4. The quantitative estimate of drug-likeness (QED) is 0.748. The molecule has 0 aliphatic carbocycles. The van der Waals surface area contributed by atoms with Crippen LogP contribution in [0.5, 0.6) is 5.75 Å². The Bertz CT molecular complexity index is 767. The predicted octanol–water partition coefficient (Wildman–Crippen LogP) is 1.53. The van der Waals surface area contributed by atoms with Gasteiger partial charge in [-0.25, -0.2) is 4.98 Å². The lowest BCUT2D eigenvalue weighted by Gasteiger charge is -2.09. The van der Waals surface area contributed by atoms with Crippen LogP contribution in [0.1, 0.15) is 16.8 Å². The van der Waals surface area contributed by atoms with E-state index in [2.05, 4.69) is 25.4 Å². The number of aromatic nitrogens is 5. The van der Waals surface area contributed by atoms with E-state index in [9.17, 15) is 0 Å². The van der Waals surface area contributed by atoms with E-state index in [1.807, 2.05) is 26.1 Å². The summed E-state index contributed by atoms with van der Waals surface area (Å²) < 4.78 is 5.80. The zero-order valence-electron chi connectivity index (χ0n) is 11.2. The first-order chi connectivity index (χ1) is 9.63. The topological polar surface area (TPSA) is 103 Å². The molecule has 3 aromatic rings. The van der Waals surface area contributed by atoms with Crippen LogP contribution in [-0.2, 0) is 6.61 Å². The zero-order valence-corrected chi connectivity index (χ0v) is 11.2. The number of ether oxygens (including phenoxy) is 1. The average Bonchev–Trinajstić information content (AvgIpc) is 2.87. The fraction of sp³-hybridized carbons (Fsp3) is 0.231. The molecule has 3 rings (SSSR count). The fourth-order valence-corrected chi connectivity index (χ4v) is 1.94. The number of nitrogens with one attached hydrogen (secondary N) is 1. The number of aromatic amines is 1. The van der Waals surface area contributed by atoms with Crippen molar-refractivity contribution in [1.29, 1.82) is 0 Å². The fourth-order valence-electron chi connectivity index (χ4n) is 1.94. The maximum atomic E-state index is 5.80. The molecular formula is C13H14N6O. The molecule has 0 atom stereocenters. The zero-order chi connectivity index (χ0) is 14.1. The van der Waals surface area contributed by atoms with Crippen molar-refractivity contribution in [3.05, 3.63) is 35.2 Å². The minimum absolute atomic E-state index is 0.348. The average molecular weight is 270 g/mol. The van der Waals surface area contributed by atoms with Crippen LogP contribution in [0.3, 0.4) is 0 Å². The Kier molecular flexibility index (Phi) is 2.94. The first-order valence-electron chi connectivity index (χ1n) is 6.15. The van der Waals surface area contributed by atoms with Gasteiger partial charge in [-0.1, -0.05) is 0 Å². The van der Waals surface area contributed by atoms with E-state index in [0.29, 0.717) is 29.3 Å². The van der Waals surface area contributed by atoms with Gasteiger partial charge in [0.15, 0.2) is 11.3 Å². The van der Waals surface area contributed by atoms with Crippen LogP contribution >= 0.6 is 0 Å². The standard InChI is InChI=1S/C13H14N6O/c1-7-3-9(8(2)15-5-7)6-20-10-4-11(14)16-13-12(10)17-19-18-13/h3-5H,6H2,1-2H3,(H3,14,16,17,18,19). The Labute approximate surface area is 115 Å². The number of nitrogens with zero attached hydrogens (tertiary/aromatic N) is 4. The van der Waals surface area contributed by atoms with E-state index in [1.165, 1.54) is 0 Å². The summed E-state index contributed by atoms with van der Waals surface area (Å²) >= 11 is 0. The van der Waals surface area contributed by atoms with E-state index in [-0.39, 0.29) is 0 Å². The van der Waals surface area contributed by atoms with Gasteiger partial charge in [0.1, 0.15) is 12.4 Å². The molecule has 3 N–H and O–H groups in total. The third kappa shape index (κ3) is 2.25. The lowest BCUT2D eigenvalue weighted by molar-refractivity contribution is 0.308. The van der Waals surface area contributed by atoms with Crippen molar-refractivity contribution in [2.45, 2.75) is 20.5 Å². The monoisotopic (exact) mass is 270 g/mol. The molecule has 7 heteroatoms. The largest absolute Gasteiger partial charge is 0.486 e. The summed E-state index contributed by atoms with van der Waals surface area (Å²) in [6.45, 7) is 4.34. The van der Waals surface area contributed by atoms with Crippen LogP contribution in [0.4, 0.5) is 5.82 Å². The van der Waals surface area contributed by atoms with Crippen molar-refractivity contribution in [2.75, 3.05) is 5.73 Å². The number of anilines is 1. The van der Waals surface area contributed by atoms with Crippen molar-refractivity contribution >= 4 is 17.0 Å². The highest BCUT2D eigenvalue weighted by atomic mass is 16.5. The molecule has 20 heavy (non-hydrogen) atoms. The second-order valence-electron chi connectivity index (χ2n) is 4.59. The summed E-state index contributed by atoms with van der Waals surface area (Å²) in [5.41, 5.74) is 9.79. The molecule has 0 unspecified atom stereocenters. The SMILES string of the molecule is Cc1cnc(C)c(COc2cc(N)nc3n[nH]nc23)c1. The third-order valence-corrected chi connectivity index (χ3v) is 2.99.